The quantitative estimate of drug-likeness (QED) is 0.833. The average Bonchev–Trinajstić information content (AvgIpc) is 2.23. The van der Waals surface area contributed by atoms with Crippen LogP contribution in [0.3, 0.4) is 0 Å². The smallest absolute Gasteiger partial charge is 0.303 e. The largest absolute Gasteiger partial charge is 0.496 e. The Hall–Kier alpha value is -1.51. The molecule has 1 aromatic rings. The maximum Gasteiger partial charge on any atom is 0.303 e. The maximum absolute atomic E-state index is 10.5. The van der Waals surface area contributed by atoms with Crippen molar-refractivity contribution in [2.45, 2.75) is 33.1 Å². The number of carboxylic acid groups (broad SMARTS) is 1. The SMILES string of the molecule is COc1c(C)ccc(C)c1CCCC(=O)O. The van der Waals surface area contributed by atoms with E-state index in [1.165, 1.54) is 0 Å². The first-order valence-electron chi connectivity index (χ1n) is 5.41. The summed E-state index contributed by atoms with van der Waals surface area (Å²) in [5, 5.41) is 8.61. The monoisotopic (exact) mass is 222 g/mol. The molecule has 0 fully saturated rings. The van der Waals surface area contributed by atoms with Gasteiger partial charge in [0.2, 0.25) is 0 Å². The zero-order valence-corrected chi connectivity index (χ0v) is 10.0. The van der Waals surface area contributed by atoms with Gasteiger partial charge < -0.3 is 9.84 Å². The number of ether oxygens (including phenoxy) is 1. The predicted octanol–water partition coefficient (Wildman–Crippen LogP) is 2.72. The van der Waals surface area contributed by atoms with Crippen molar-refractivity contribution < 1.29 is 14.6 Å². The molecule has 0 spiro atoms. The summed E-state index contributed by atoms with van der Waals surface area (Å²) in [5.74, 6) is 0.148. The summed E-state index contributed by atoms with van der Waals surface area (Å²) in [7, 11) is 1.66. The molecule has 0 bridgehead atoms. The second-order valence-corrected chi connectivity index (χ2v) is 3.96. The lowest BCUT2D eigenvalue weighted by Gasteiger charge is -2.13. The summed E-state index contributed by atoms with van der Waals surface area (Å²) in [6.07, 6.45) is 1.61. The third kappa shape index (κ3) is 2.99. The highest BCUT2D eigenvalue weighted by Gasteiger charge is 2.09. The van der Waals surface area contributed by atoms with E-state index in [9.17, 15) is 4.79 Å². The Kier molecular flexibility index (Phi) is 4.35. The normalized spacial score (nSPS) is 10.2. The van der Waals surface area contributed by atoms with Crippen LogP contribution < -0.4 is 4.74 Å². The van der Waals surface area contributed by atoms with Gasteiger partial charge in [0.15, 0.2) is 0 Å². The average molecular weight is 222 g/mol. The molecule has 0 aliphatic carbocycles. The van der Waals surface area contributed by atoms with Gasteiger partial charge in [-0.3, -0.25) is 4.79 Å². The molecule has 0 aliphatic rings. The molecule has 0 aliphatic heterocycles. The van der Waals surface area contributed by atoms with Gasteiger partial charge in [0.1, 0.15) is 5.75 Å². The fraction of sp³-hybridized carbons (Fsp3) is 0.462. The number of methoxy groups -OCH3 is 1. The molecule has 16 heavy (non-hydrogen) atoms. The Morgan fingerprint density at radius 2 is 1.94 bits per heavy atom. The van der Waals surface area contributed by atoms with E-state index < -0.39 is 5.97 Å². The fourth-order valence-corrected chi connectivity index (χ4v) is 1.85. The fourth-order valence-electron chi connectivity index (χ4n) is 1.85. The van der Waals surface area contributed by atoms with Crippen LogP contribution >= 0.6 is 0 Å². The second-order valence-electron chi connectivity index (χ2n) is 3.96. The molecular weight excluding hydrogens is 204 g/mol. The molecule has 0 unspecified atom stereocenters. The van der Waals surface area contributed by atoms with Gasteiger partial charge in [0.25, 0.3) is 0 Å². The van der Waals surface area contributed by atoms with E-state index in [-0.39, 0.29) is 6.42 Å². The number of carbonyl (C=O) groups is 1. The highest BCUT2D eigenvalue weighted by molar-refractivity contribution is 5.66. The van der Waals surface area contributed by atoms with Crippen LogP contribution in [-0.2, 0) is 11.2 Å². The van der Waals surface area contributed by atoms with Gasteiger partial charge in [0.05, 0.1) is 7.11 Å². The third-order valence-corrected chi connectivity index (χ3v) is 2.71. The Bertz CT molecular complexity index is 383. The molecule has 0 saturated heterocycles. The highest BCUT2D eigenvalue weighted by Crippen LogP contribution is 2.27. The first-order valence-corrected chi connectivity index (χ1v) is 5.41. The Morgan fingerprint density at radius 1 is 1.31 bits per heavy atom. The van der Waals surface area contributed by atoms with Gasteiger partial charge in [-0.2, -0.15) is 0 Å². The number of aryl methyl sites for hydroxylation is 2. The van der Waals surface area contributed by atoms with Crippen molar-refractivity contribution in [3.8, 4) is 5.75 Å². The van der Waals surface area contributed by atoms with E-state index in [0.29, 0.717) is 6.42 Å². The molecule has 0 heterocycles. The molecule has 0 saturated carbocycles. The first-order chi connectivity index (χ1) is 7.56. The molecule has 88 valence electrons. The van der Waals surface area contributed by atoms with E-state index in [0.717, 1.165) is 28.9 Å². The second kappa shape index (κ2) is 5.54. The molecule has 0 atom stereocenters. The van der Waals surface area contributed by atoms with E-state index >= 15 is 0 Å². The van der Waals surface area contributed by atoms with E-state index in [2.05, 4.69) is 0 Å². The van der Waals surface area contributed by atoms with Gasteiger partial charge in [0, 0.05) is 6.42 Å². The van der Waals surface area contributed by atoms with E-state index in [1.807, 2.05) is 26.0 Å². The van der Waals surface area contributed by atoms with Crippen molar-refractivity contribution in [2.24, 2.45) is 0 Å². The molecular formula is C13H18O3. The van der Waals surface area contributed by atoms with Crippen LogP contribution in [0.4, 0.5) is 0 Å². The van der Waals surface area contributed by atoms with Crippen molar-refractivity contribution in [1.29, 1.82) is 0 Å². The summed E-state index contributed by atoms with van der Waals surface area (Å²) in [6.45, 7) is 4.02. The third-order valence-electron chi connectivity index (χ3n) is 2.71. The summed E-state index contributed by atoms with van der Waals surface area (Å²) in [5.41, 5.74) is 3.38. The number of rotatable bonds is 5. The van der Waals surface area contributed by atoms with Gasteiger partial charge in [-0.15, -0.1) is 0 Å². The number of carboxylic acids is 1. The number of hydrogen-bond donors (Lipinski definition) is 1. The number of aliphatic carboxylic acids is 1. The Morgan fingerprint density at radius 3 is 2.50 bits per heavy atom. The Balaban J connectivity index is 2.84. The van der Waals surface area contributed by atoms with Crippen LogP contribution in [0.5, 0.6) is 5.75 Å². The minimum absolute atomic E-state index is 0.205. The van der Waals surface area contributed by atoms with Crippen LogP contribution in [0.15, 0.2) is 12.1 Å². The Labute approximate surface area is 96.1 Å². The van der Waals surface area contributed by atoms with Crippen molar-refractivity contribution in [3.05, 3.63) is 28.8 Å². The van der Waals surface area contributed by atoms with E-state index in [4.69, 9.17) is 9.84 Å². The summed E-state index contributed by atoms with van der Waals surface area (Å²) >= 11 is 0. The topological polar surface area (TPSA) is 46.5 Å². The minimum Gasteiger partial charge on any atom is -0.496 e. The summed E-state index contributed by atoms with van der Waals surface area (Å²) < 4.78 is 5.37. The lowest BCUT2D eigenvalue weighted by molar-refractivity contribution is -0.137. The van der Waals surface area contributed by atoms with Crippen molar-refractivity contribution in [3.63, 3.8) is 0 Å². The van der Waals surface area contributed by atoms with E-state index in [1.54, 1.807) is 7.11 Å². The molecule has 0 radical (unpaired) electrons. The van der Waals surface area contributed by atoms with Crippen LogP contribution in [0.2, 0.25) is 0 Å². The maximum atomic E-state index is 10.5. The summed E-state index contributed by atoms with van der Waals surface area (Å²) in [4.78, 5) is 10.5. The molecule has 3 heteroatoms. The standard InChI is InChI=1S/C13H18O3/c1-9-7-8-10(2)13(16-3)11(9)5-4-6-12(14)15/h7-8H,4-6H2,1-3H3,(H,14,15). The molecule has 1 rings (SSSR count). The number of benzene rings is 1. The molecule has 0 aromatic heterocycles. The van der Waals surface area contributed by atoms with Gasteiger partial charge in [-0.05, 0) is 43.4 Å². The predicted molar refractivity (Wildman–Crippen MR) is 63.0 cm³/mol. The first kappa shape index (κ1) is 12.6. The molecule has 1 aromatic carbocycles. The van der Waals surface area contributed by atoms with Crippen LogP contribution in [-0.4, -0.2) is 18.2 Å². The molecule has 0 amide bonds. The van der Waals surface area contributed by atoms with Crippen molar-refractivity contribution in [2.75, 3.05) is 7.11 Å². The van der Waals surface area contributed by atoms with Gasteiger partial charge in [-0.25, -0.2) is 0 Å². The minimum atomic E-state index is -0.746. The lowest BCUT2D eigenvalue weighted by Crippen LogP contribution is -2.01. The van der Waals surface area contributed by atoms with Crippen LogP contribution in [0.25, 0.3) is 0 Å². The molecule has 1 N–H and O–H groups in total. The zero-order valence-electron chi connectivity index (χ0n) is 10.0. The lowest BCUT2D eigenvalue weighted by atomic mass is 9.99. The van der Waals surface area contributed by atoms with Crippen molar-refractivity contribution >= 4 is 5.97 Å². The van der Waals surface area contributed by atoms with Crippen LogP contribution in [0.1, 0.15) is 29.5 Å². The summed E-state index contributed by atoms with van der Waals surface area (Å²) in [6, 6.07) is 4.07. The van der Waals surface area contributed by atoms with Crippen molar-refractivity contribution in [1.82, 2.24) is 0 Å². The van der Waals surface area contributed by atoms with Gasteiger partial charge in [-0.1, -0.05) is 12.1 Å². The van der Waals surface area contributed by atoms with Crippen LogP contribution in [0, 0.1) is 13.8 Å². The zero-order chi connectivity index (χ0) is 12.1. The molecule has 3 nitrogen and oxygen atoms in total. The number of hydrogen-bond acceptors (Lipinski definition) is 2. The highest BCUT2D eigenvalue weighted by atomic mass is 16.5. The van der Waals surface area contributed by atoms with Gasteiger partial charge >= 0.3 is 5.97 Å².